The molecule has 0 unspecified atom stereocenters. The summed E-state index contributed by atoms with van der Waals surface area (Å²) < 4.78 is 44.9. The molecule has 3 aromatic rings. The van der Waals surface area contributed by atoms with Crippen molar-refractivity contribution >= 4 is 10.9 Å². The average Bonchev–Trinajstić information content (AvgIpc) is 2.97. The van der Waals surface area contributed by atoms with E-state index in [-0.39, 0.29) is 13.2 Å². The SMILES string of the molecule is N#CCOc1ccc2c(c1)c(CN)nn2-c1ccc(C(F)(F)F)cc1. The highest BCUT2D eigenvalue weighted by molar-refractivity contribution is 5.85. The molecule has 0 bridgehead atoms. The van der Waals surface area contributed by atoms with Gasteiger partial charge in [-0.25, -0.2) is 4.68 Å². The smallest absolute Gasteiger partial charge is 0.416 e. The largest absolute Gasteiger partial charge is 0.479 e. The van der Waals surface area contributed by atoms with Gasteiger partial charge in [-0.05, 0) is 42.5 Å². The topological polar surface area (TPSA) is 76.9 Å². The molecule has 25 heavy (non-hydrogen) atoms. The van der Waals surface area contributed by atoms with E-state index in [9.17, 15) is 13.2 Å². The van der Waals surface area contributed by atoms with Crippen molar-refractivity contribution in [2.24, 2.45) is 5.73 Å². The summed E-state index contributed by atoms with van der Waals surface area (Å²) in [5, 5.41) is 13.7. The highest BCUT2D eigenvalue weighted by atomic mass is 19.4. The third kappa shape index (κ3) is 3.27. The Hall–Kier alpha value is -3.05. The molecule has 0 atom stereocenters. The average molecular weight is 346 g/mol. The van der Waals surface area contributed by atoms with Crippen molar-refractivity contribution in [1.82, 2.24) is 9.78 Å². The zero-order valence-corrected chi connectivity index (χ0v) is 12.9. The molecule has 128 valence electrons. The van der Waals surface area contributed by atoms with E-state index in [0.29, 0.717) is 22.6 Å². The summed E-state index contributed by atoms with van der Waals surface area (Å²) >= 11 is 0. The number of rotatable bonds is 4. The molecule has 5 nitrogen and oxygen atoms in total. The van der Waals surface area contributed by atoms with Gasteiger partial charge in [0.1, 0.15) is 11.8 Å². The fraction of sp³-hybridized carbons (Fsp3) is 0.176. The molecule has 0 aliphatic heterocycles. The standard InChI is InChI=1S/C17H13F3N4O/c18-17(19,20)11-1-3-12(4-2-11)24-16-6-5-13(25-8-7-21)9-14(16)15(10-22)23-24/h1-6,9H,8,10,22H2. The number of hydrogen-bond donors (Lipinski definition) is 1. The third-order valence-electron chi connectivity index (χ3n) is 3.66. The molecule has 2 N–H and O–H groups in total. The molecule has 2 aromatic carbocycles. The molecule has 1 heterocycles. The van der Waals surface area contributed by atoms with Crippen LogP contribution in [-0.4, -0.2) is 16.4 Å². The number of ether oxygens (including phenoxy) is 1. The van der Waals surface area contributed by atoms with E-state index in [4.69, 9.17) is 15.7 Å². The number of halogens is 3. The second-order valence-corrected chi connectivity index (χ2v) is 5.23. The van der Waals surface area contributed by atoms with E-state index in [1.165, 1.54) is 16.8 Å². The van der Waals surface area contributed by atoms with E-state index >= 15 is 0 Å². The van der Waals surface area contributed by atoms with Crippen LogP contribution in [0.3, 0.4) is 0 Å². The van der Waals surface area contributed by atoms with Crippen LogP contribution in [0.5, 0.6) is 5.75 Å². The van der Waals surface area contributed by atoms with Gasteiger partial charge in [-0.2, -0.15) is 23.5 Å². The van der Waals surface area contributed by atoms with Gasteiger partial charge >= 0.3 is 6.18 Å². The second-order valence-electron chi connectivity index (χ2n) is 5.23. The molecular formula is C17H13F3N4O. The Labute approximate surface area is 141 Å². The summed E-state index contributed by atoms with van der Waals surface area (Å²) in [6.45, 7) is 0.0718. The summed E-state index contributed by atoms with van der Waals surface area (Å²) in [6, 6.07) is 11.7. The number of fused-ring (bicyclic) bond motifs is 1. The maximum atomic E-state index is 12.7. The first kappa shape index (κ1) is 16.8. The van der Waals surface area contributed by atoms with E-state index in [2.05, 4.69) is 5.10 Å². The van der Waals surface area contributed by atoms with Gasteiger partial charge < -0.3 is 10.5 Å². The van der Waals surface area contributed by atoms with Crippen molar-refractivity contribution in [2.45, 2.75) is 12.7 Å². The number of aromatic nitrogens is 2. The van der Waals surface area contributed by atoms with Crippen LogP contribution in [-0.2, 0) is 12.7 Å². The molecular weight excluding hydrogens is 333 g/mol. The second kappa shape index (κ2) is 6.45. The fourth-order valence-electron chi connectivity index (χ4n) is 2.50. The summed E-state index contributed by atoms with van der Waals surface area (Å²) in [4.78, 5) is 0. The van der Waals surface area contributed by atoms with Gasteiger partial charge in [0.2, 0.25) is 0 Å². The number of nitrogens with zero attached hydrogens (tertiary/aromatic N) is 3. The van der Waals surface area contributed by atoms with Gasteiger partial charge in [0.15, 0.2) is 6.61 Å². The zero-order chi connectivity index (χ0) is 18.0. The van der Waals surface area contributed by atoms with Crippen LogP contribution < -0.4 is 10.5 Å². The van der Waals surface area contributed by atoms with Crippen molar-refractivity contribution in [3.63, 3.8) is 0 Å². The molecule has 0 saturated heterocycles. The summed E-state index contributed by atoms with van der Waals surface area (Å²) in [5.41, 5.74) is 6.75. The monoisotopic (exact) mass is 346 g/mol. The lowest BCUT2D eigenvalue weighted by molar-refractivity contribution is -0.137. The van der Waals surface area contributed by atoms with Crippen LogP contribution in [0.25, 0.3) is 16.6 Å². The summed E-state index contributed by atoms with van der Waals surface area (Å²) in [6.07, 6.45) is -4.39. The molecule has 0 spiro atoms. The number of alkyl halides is 3. The van der Waals surface area contributed by atoms with Gasteiger partial charge in [0, 0.05) is 11.9 Å². The molecule has 0 radical (unpaired) electrons. The Morgan fingerprint density at radius 2 is 1.88 bits per heavy atom. The highest BCUT2D eigenvalue weighted by Crippen LogP contribution is 2.31. The van der Waals surface area contributed by atoms with Crippen LogP contribution >= 0.6 is 0 Å². The van der Waals surface area contributed by atoms with E-state index in [1.54, 1.807) is 18.2 Å². The lowest BCUT2D eigenvalue weighted by Crippen LogP contribution is -2.05. The van der Waals surface area contributed by atoms with Crippen LogP contribution in [0.15, 0.2) is 42.5 Å². The summed E-state index contributed by atoms with van der Waals surface area (Å²) in [7, 11) is 0. The minimum Gasteiger partial charge on any atom is -0.479 e. The third-order valence-corrected chi connectivity index (χ3v) is 3.66. The Kier molecular flexibility index (Phi) is 4.33. The number of hydrogen-bond acceptors (Lipinski definition) is 4. The van der Waals surface area contributed by atoms with Gasteiger partial charge in [0.25, 0.3) is 0 Å². The zero-order valence-electron chi connectivity index (χ0n) is 12.9. The lowest BCUT2D eigenvalue weighted by atomic mass is 10.2. The van der Waals surface area contributed by atoms with Gasteiger partial charge in [-0.1, -0.05) is 0 Å². The minimum atomic E-state index is -4.39. The normalized spacial score (nSPS) is 11.5. The molecule has 0 saturated carbocycles. The van der Waals surface area contributed by atoms with Crippen molar-refractivity contribution in [3.8, 4) is 17.5 Å². The Balaban J connectivity index is 2.06. The predicted octanol–water partition coefficient (Wildman–Crippen LogP) is 3.41. The Morgan fingerprint density at radius 3 is 2.48 bits per heavy atom. The molecule has 0 amide bonds. The van der Waals surface area contributed by atoms with Crippen LogP contribution in [0, 0.1) is 11.3 Å². The van der Waals surface area contributed by atoms with Crippen LogP contribution in [0.4, 0.5) is 13.2 Å². The van der Waals surface area contributed by atoms with Gasteiger partial charge in [-0.15, -0.1) is 0 Å². The molecule has 0 aliphatic rings. The quantitative estimate of drug-likeness (QED) is 0.785. The number of nitriles is 1. The van der Waals surface area contributed by atoms with Crippen LogP contribution in [0.2, 0.25) is 0 Å². The van der Waals surface area contributed by atoms with E-state index in [0.717, 1.165) is 17.5 Å². The van der Waals surface area contributed by atoms with Gasteiger partial charge in [0.05, 0.1) is 22.5 Å². The van der Waals surface area contributed by atoms with Crippen LogP contribution in [0.1, 0.15) is 11.3 Å². The van der Waals surface area contributed by atoms with Crippen molar-refractivity contribution in [1.29, 1.82) is 5.26 Å². The first-order valence-corrected chi connectivity index (χ1v) is 7.33. The van der Waals surface area contributed by atoms with E-state index < -0.39 is 11.7 Å². The van der Waals surface area contributed by atoms with Gasteiger partial charge in [-0.3, -0.25) is 0 Å². The fourth-order valence-corrected chi connectivity index (χ4v) is 2.50. The molecule has 0 aliphatic carbocycles. The molecule has 1 aromatic heterocycles. The first-order chi connectivity index (χ1) is 11.9. The maximum Gasteiger partial charge on any atom is 0.416 e. The Morgan fingerprint density at radius 1 is 1.16 bits per heavy atom. The van der Waals surface area contributed by atoms with Crippen molar-refractivity contribution in [3.05, 3.63) is 53.7 Å². The van der Waals surface area contributed by atoms with Crippen molar-refractivity contribution in [2.75, 3.05) is 6.61 Å². The molecule has 0 fully saturated rings. The predicted molar refractivity (Wildman–Crippen MR) is 85.1 cm³/mol. The summed E-state index contributed by atoms with van der Waals surface area (Å²) in [5.74, 6) is 0.496. The first-order valence-electron chi connectivity index (χ1n) is 7.33. The number of benzene rings is 2. The molecule has 3 rings (SSSR count). The minimum absolute atomic E-state index is 0.0868. The lowest BCUT2D eigenvalue weighted by Gasteiger charge is -2.08. The van der Waals surface area contributed by atoms with Crippen molar-refractivity contribution < 1.29 is 17.9 Å². The highest BCUT2D eigenvalue weighted by Gasteiger charge is 2.30. The van der Waals surface area contributed by atoms with E-state index in [1.807, 2.05) is 6.07 Å². The molecule has 8 heteroatoms. The maximum absolute atomic E-state index is 12.7. The Bertz CT molecular complexity index is 939. The number of nitrogens with two attached hydrogens (primary N) is 1.